The van der Waals surface area contributed by atoms with Gasteiger partial charge in [0.25, 0.3) is 15.9 Å². The van der Waals surface area contributed by atoms with Gasteiger partial charge in [0.2, 0.25) is 0 Å². The van der Waals surface area contributed by atoms with Crippen LogP contribution in [-0.2, 0) is 14.8 Å². The van der Waals surface area contributed by atoms with E-state index in [9.17, 15) is 13.2 Å². The average molecular weight is 621 g/mol. The van der Waals surface area contributed by atoms with E-state index in [1.165, 1.54) is 52.9 Å². The summed E-state index contributed by atoms with van der Waals surface area (Å²) in [6, 6.07) is 13.0. The number of anilines is 1. The summed E-state index contributed by atoms with van der Waals surface area (Å²) in [5.74, 6) is 0.969. The molecule has 0 aliphatic heterocycles. The van der Waals surface area contributed by atoms with Crippen LogP contribution in [0.5, 0.6) is 23.0 Å². The molecule has 0 heterocycles. The molecule has 0 spiro atoms. The normalized spacial score (nSPS) is 11.3. The number of benzene rings is 3. The number of hydrazone groups is 1. The molecule has 0 aromatic heterocycles. The molecule has 0 aliphatic carbocycles. The van der Waals surface area contributed by atoms with Gasteiger partial charge in [-0.2, -0.15) is 5.10 Å². The van der Waals surface area contributed by atoms with Gasteiger partial charge >= 0.3 is 0 Å². The number of rotatable bonds is 11. The molecule has 0 unspecified atom stereocenters. The average Bonchev–Trinajstić information content (AvgIpc) is 2.90. The molecule has 3 aromatic carbocycles. The molecule has 39 heavy (non-hydrogen) atoms. The molecule has 3 rings (SSSR count). The first-order valence-electron chi connectivity index (χ1n) is 11.6. The standard InChI is InChI=1S/C27H30BrN3O7S/c1-17-9-18(2)11-20(10-17)31(39(33,34)21-7-8-23(35-3)24(14-21)36-4)16-26(32)30-29-15-19-12-22(28)27(38-6)25(13-19)37-5/h7-15H,16H2,1-6H3,(H,30,32)/b29-15-. The van der Waals surface area contributed by atoms with Gasteiger partial charge in [-0.1, -0.05) is 6.07 Å². The molecule has 0 bridgehead atoms. The van der Waals surface area contributed by atoms with E-state index in [-0.39, 0.29) is 10.6 Å². The van der Waals surface area contributed by atoms with Crippen LogP contribution in [-0.4, -0.2) is 55.5 Å². The molecule has 3 aromatic rings. The fourth-order valence-corrected chi connectivity index (χ4v) is 5.91. The van der Waals surface area contributed by atoms with Crippen molar-refractivity contribution in [1.29, 1.82) is 0 Å². The topological polar surface area (TPSA) is 116 Å². The molecular formula is C27H30BrN3O7S. The van der Waals surface area contributed by atoms with Crippen molar-refractivity contribution >= 4 is 43.8 Å². The number of hydrogen-bond acceptors (Lipinski definition) is 8. The zero-order chi connectivity index (χ0) is 28.7. The number of nitrogens with one attached hydrogen (secondary N) is 1. The van der Waals surface area contributed by atoms with Crippen LogP contribution < -0.4 is 28.7 Å². The predicted octanol–water partition coefficient (Wildman–Crippen LogP) is 4.45. The van der Waals surface area contributed by atoms with Crippen molar-refractivity contribution in [2.75, 3.05) is 39.3 Å². The number of carbonyl (C=O) groups is 1. The number of carbonyl (C=O) groups excluding carboxylic acids is 1. The van der Waals surface area contributed by atoms with E-state index in [1.807, 2.05) is 19.9 Å². The highest BCUT2D eigenvalue weighted by molar-refractivity contribution is 9.10. The molecule has 1 N–H and O–H groups in total. The van der Waals surface area contributed by atoms with Crippen molar-refractivity contribution in [2.24, 2.45) is 5.10 Å². The predicted molar refractivity (Wildman–Crippen MR) is 153 cm³/mol. The molecule has 0 atom stereocenters. The van der Waals surface area contributed by atoms with Crippen LogP contribution in [0.3, 0.4) is 0 Å². The van der Waals surface area contributed by atoms with Crippen LogP contribution in [0.15, 0.2) is 63.0 Å². The van der Waals surface area contributed by atoms with E-state index < -0.39 is 22.5 Å². The summed E-state index contributed by atoms with van der Waals surface area (Å²) in [7, 11) is 1.71. The second-order valence-corrected chi connectivity index (χ2v) is 11.1. The smallest absolute Gasteiger partial charge is 0.264 e. The summed E-state index contributed by atoms with van der Waals surface area (Å²) in [4.78, 5) is 12.9. The quantitative estimate of drug-likeness (QED) is 0.249. The van der Waals surface area contributed by atoms with Crippen LogP contribution >= 0.6 is 15.9 Å². The highest BCUT2D eigenvalue weighted by atomic mass is 79.9. The number of sulfonamides is 1. The largest absolute Gasteiger partial charge is 0.493 e. The Labute approximate surface area is 236 Å². The number of methoxy groups -OCH3 is 4. The first-order chi connectivity index (χ1) is 18.5. The van der Waals surface area contributed by atoms with Crippen LogP contribution in [0.25, 0.3) is 0 Å². The maximum absolute atomic E-state index is 13.8. The molecule has 12 heteroatoms. The zero-order valence-corrected chi connectivity index (χ0v) is 24.8. The lowest BCUT2D eigenvalue weighted by Gasteiger charge is -2.25. The molecule has 0 fully saturated rings. The third-order valence-electron chi connectivity index (χ3n) is 5.58. The van der Waals surface area contributed by atoms with E-state index in [2.05, 4.69) is 26.5 Å². The van der Waals surface area contributed by atoms with E-state index >= 15 is 0 Å². The fraction of sp³-hybridized carbons (Fsp3) is 0.259. The minimum atomic E-state index is -4.19. The van der Waals surface area contributed by atoms with Gasteiger partial charge in [0.15, 0.2) is 23.0 Å². The molecular weight excluding hydrogens is 590 g/mol. The molecule has 1 amide bonds. The Morgan fingerprint density at radius 2 is 1.54 bits per heavy atom. The molecule has 0 radical (unpaired) electrons. The Bertz CT molecular complexity index is 1470. The fourth-order valence-electron chi connectivity index (χ4n) is 3.87. The maximum Gasteiger partial charge on any atom is 0.264 e. The van der Waals surface area contributed by atoms with Gasteiger partial charge in [0.1, 0.15) is 6.54 Å². The van der Waals surface area contributed by atoms with E-state index in [1.54, 1.807) is 24.3 Å². The van der Waals surface area contributed by atoms with Gasteiger partial charge in [0, 0.05) is 6.07 Å². The van der Waals surface area contributed by atoms with Crippen LogP contribution in [0.2, 0.25) is 0 Å². The van der Waals surface area contributed by atoms with Crippen molar-refractivity contribution in [3.8, 4) is 23.0 Å². The highest BCUT2D eigenvalue weighted by Gasteiger charge is 2.28. The lowest BCUT2D eigenvalue weighted by Crippen LogP contribution is -2.39. The van der Waals surface area contributed by atoms with Crippen LogP contribution in [0.1, 0.15) is 16.7 Å². The molecule has 208 valence electrons. The van der Waals surface area contributed by atoms with Gasteiger partial charge in [-0.15, -0.1) is 0 Å². The highest BCUT2D eigenvalue weighted by Crippen LogP contribution is 2.36. The minimum Gasteiger partial charge on any atom is -0.493 e. The Kier molecular flexibility index (Phi) is 9.81. The van der Waals surface area contributed by atoms with Crippen molar-refractivity contribution in [3.05, 3.63) is 69.7 Å². The van der Waals surface area contributed by atoms with Crippen molar-refractivity contribution in [2.45, 2.75) is 18.7 Å². The summed E-state index contributed by atoms with van der Waals surface area (Å²) in [6.07, 6.45) is 1.41. The lowest BCUT2D eigenvalue weighted by molar-refractivity contribution is -0.119. The number of hydrogen-bond donors (Lipinski definition) is 1. The third kappa shape index (κ3) is 7.01. The number of amides is 1. The molecule has 0 aliphatic rings. The monoisotopic (exact) mass is 619 g/mol. The number of ether oxygens (including phenoxy) is 4. The first-order valence-corrected chi connectivity index (χ1v) is 13.8. The Morgan fingerprint density at radius 1 is 0.897 bits per heavy atom. The number of nitrogens with zero attached hydrogens (tertiary/aromatic N) is 2. The second-order valence-electron chi connectivity index (χ2n) is 8.41. The third-order valence-corrected chi connectivity index (χ3v) is 7.94. The molecule has 0 saturated carbocycles. The Balaban J connectivity index is 1.92. The van der Waals surface area contributed by atoms with Gasteiger partial charge in [-0.05, 0) is 82.9 Å². The zero-order valence-electron chi connectivity index (χ0n) is 22.4. The SMILES string of the molecule is COc1ccc(S(=O)(=O)N(CC(=O)N/N=C\c2cc(Br)c(OC)c(OC)c2)c2cc(C)cc(C)c2)cc1OC. The minimum absolute atomic E-state index is 0.0641. The van der Waals surface area contributed by atoms with Crippen LogP contribution in [0, 0.1) is 13.8 Å². The summed E-state index contributed by atoms with van der Waals surface area (Å²) >= 11 is 3.41. The van der Waals surface area contributed by atoms with Gasteiger partial charge in [-0.3, -0.25) is 9.10 Å². The summed E-state index contributed by atoms with van der Waals surface area (Å²) in [6.45, 7) is 3.18. The van der Waals surface area contributed by atoms with E-state index in [4.69, 9.17) is 18.9 Å². The number of aryl methyl sites for hydroxylation is 2. The maximum atomic E-state index is 13.8. The van der Waals surface area contributed by atoms with Crippen LogP contribution in [0.4, 0.5) is 5.69 Å². The van der Waals surface area contributed by atoms with Gasteiger partial charge < -0.3 is 18.9 Å². The summed E-state index contributed by atoms with van der Waals surface area (Å²) in [5.41, 5.74) is 5.04. The van der Waals surface area contributed by atoms with Crippen molar-refractivity contribution in [3.63, 3.8) is 0 Å². The van der Waals surface area contributed by atoms with Crippen molar-refractivity contribution in [1.82, 2.24) is 5.43 Å². The summed E-state index contributed by atoms with van der Waals surface area (Å²) < 4.78 is 50.4. The molecule has 10 nitrogen and oxygen atoms in total. The van der Waals surface area contributed by atoms with Gasteiger partial charge in [0.05, 0.1) is 49.7 Å². The van der Waals surface area contributed by atoms with Gasteiger partial charge in [-0.25, -0.2) is 13.8 Å². The molecule has 0 saturated heterocycles. The second kappa shape index (κ2) is 12.9. The Morgan fingerprint density at radius 3 is 2.13 bits per heavy atom. The van der Waals surface area contributed by atoms with E-state index in [0.717, 1.165) is 15.4 Å². The summed E-state index contributed by atoms with van der Waals surface area (Å²) in [5, 5.41) is 4.00. The number of halogens is 1. The Hall–Kier alpha value is -3.77. The first kappa shape index (κ1) is 29.8. The van der Waals surface area contributed by atoms with E-state index in [0.29, 0.717) is 33.0 Å². The van der Waals surface area contributed by atoms with Crippen molar-refractivity contribution < 1.29 is 32.2 Å². The lowest BCUT2D eigenvalue weighted by atomic mass is 10.1.